The molecule has 9 nitrogen and oxygen atoms in total. The third-order valence-corrected chi connectivity index (χ3v) is 4.63. The predicted octanol–water partition coefficient (Wildman–Crippen LogP) is 1.18. The van der Waals surface area contributed by atoms with Crippen LogP contribution in [0.1, 0.15) is 20.8 Å². The topological polar surface area (TPSA) is 117 Å². The molecule has 2 atom stereocenters. The number of rotatable bonds is 5. The van der Waals surface area contributed by atoms with Gasteiger partial charge in [0.25, 0.3) is 0 Å². The van der Waals surface area contributed by atoms with Gasteiger partial charge in [-0.2, -0.15) is 0 Å². The van der Waals surface area contributed by atoms with E-state index in [1.54, 1.807) is 13.8 Å². The Morgan fingerprint density at radius 1 is 1.11 bits per heavy atom. The van der Waals surface area contributed by atoms with Crippen molar-refractivity contribution in [3.05, 3.63) is 24.3 Å². The van der Waals surface area contributed by atoms with E-state index in [9.17, 15) is 14.4 Å². The molecule has 3 N–H and O–H groups in total. The molecule has 2 aromatic rings. The van der Waals surface area contributed by atoms with Crippen molar-refractivity contribution in [1.82, 2.24) is 20.2 Å². The van der Waals surface area contributed by atoms with E-state index in [1.165, 1.54) is 11.8 Å². The fourth-order valence-corrected chi connectivity index (χ4v) is 3.09. The van der Waals surface area contributed by atoms with Gasteiger partial charge in [0.1, 0.15) is 12.1 Å². The third kappa shape index (κ3) is 3.57. The van der Waals surface area contributed by atoms with Gasteiger partial charge in [-0.05, 0) is 25.0 Å². The minimum Gasteiger partial charge on any atom is -0.480 e. The predicted molar refractivity (Wildman–Crippen MR) is 99.5 cm³/mol. The average Bonchev–Trinajstić information content (AvgIpc) is 3.17. The first-order valence-electron chi connectivity index (χ1n) is 8.86. The van der Waals surface area contributed by atoms with Crippen LogP contribution >= 0.6 is 0 Å². The van der Waals surface area contributed by atoms with Crippen molar-refractivity contribution in [2.24, 2.45) is 5.92 Å². The van der Waals surface area contributed by atoms with Crippen molar-refractivity contribution in [3.8, 4) is 0 Å². The summed E-state index contributed by atoms with van der Waals surface area (Å²) < 4.78 is 1.96. The third-order valence-electron chi connectivity index (χ3n) is 4.63. The highest BCUT2D eigenvalue weighted by Crippen LogP contribution is 2.27. The maximum Gasteiger partial charge on any atom is 0.325 e. The molecular formula is C18H23N5O4. The Balaban J connectivity index is 1.76. The molecule has 0 saturated heterocycles. The zero-order valence-corrected chi connectivity index (χ0v) is 15.5. The number of fused-ring (bicyclic) bond motifs is 3. The molecule has 0 saturated carbocycles. The smallest absolute Gasteiger partial charge is 0.325 e. The number of carboxylic acid groups (broad SMARTS) is 1. The summed E-state index contributed by atoms with van der Waals surface area (Å²) in [7, 11) is 0. The lowest BCUT2D eigenvalue weighted by atomic mass is 10.0. The second-order valence-corrected chi connectivity index (χ2v) is 6.94. The maximum atomic E-state index is 12.8. The highest BCUT2D eigenvalue weighted by Gasteiger charge is 2.33. The molecule has 0 bridgehead atoms. The first-order valence-corrected chi connectivity index (χ1v) is 8.86. The highest BCUT2D eigenvalue weighted by molar-refractivity contribution is 5.97. The van der Waals surface area contributed by atoms with E-state index in [0.717, 1.165) is 11.0 Å². The van der Waals surface area contributed by atoms with Crippen LogP contribution in [0.15, 0.2) is 24.3 Å². The van der Waals surface area contributed by atoms with Gasteiger partial charge in [-0.3, -0.25) is 14.5 Å². The van der Waals surface area contributed by atoms with E-state index in [1.807, 2.05) is 28.8 Å². The van der Waals surface area contributed by atoms with Crippen molar-refractivity contribution in [2.75, 3.05) is 11.4 Å². The fraction of sp³-hybridized carbons (Fsp3) is 0.444. The van der Waals surface area contributed by atoms with Gasteiger partial charge < -0.3 is 20.3 Å². The summed E-state index contributed by atoms with van der Waals surface area (Å²) in [4.78, 5) is 42.2. The number of aliphatic carboxylic acids is 1. The second kappa shape index (κ2) is 7.26. The number of imidazole rings is 1. The molecule has 27 heavy (non-hydrogen) atoms. The Hall–Kier alpha value is -3.10. The van der Waals surface area contributed by atoms with Crippen LogP contribution in [0.3, 0.4) is 0 Å². The number of nitrogens with zero attached hydrogens (tertiary/aromatic N) is 3. The molecule has 2 heterocycles. The van der Waals surface area contributed by atoms with E-state index in [2.05, 4.69) is 15.6 Å². The number of para-hydroxylation sites is 2. The summed E-state index contributed by atoms with van der Waals surface area (Å²) in [5.41, 5.74) is 1.76. The number of benzene rings is 1. The Morgan fingerprint density at radius 2 is 1.81 bits per heavy atom. The van der Waals surface area contributed by atoms with Gasteiger partial charge in [-0.15, -0.1) is 0 Å². The largest absolute Gasteiger partial charge is 0.480 e. The summed E-state index contributed by atoms with van der Waals surface area (Å²) in [5.74, 6) is -1.33. The maximum absolute atomic E-state index is 12.8. The molecule has 0 spiro atoms. The number of anilines is 1. The summed E-state index contributed by atoms with van der Waals surface area (Å²) >= 11 is 0. The summed E-state index contributed by atoms with van der Waals surface area (Å²) in [6.07, 6.45) is 0. The van der Waals surface area contributed by atoms with E-state index in [-0.39, 0.29) is 5.92 Å². The van der Waals surface area contributed by atoms with Crippen molar-refractivity contribution >= 4 is 34.9 Å². The minimum absolute atomic E-state index is 0.212. The van der Waals surface area contributed by atoms with Crippen molar-refractivity contribution in [3.63, 3.8) is 0 Å². The summed E-state index contributed by atoms with van der Waals surface area (Å²) in [6, 6.07) is 5.32. The number of carbonyl (C=O) groups is 3. The number of carboxylic acids is 1. The lowest BCUT2D eigenvalue weighted by Gasteiger charge is -2.25. The lowest BCUT2D eigenvalue weighted by molar-refractivity contribution is -0.141. The van der Waals surface area contributed by atoms with E-state index >= 15 is 0 Å². The average molecular weight is 373 g/mol. The molecule has 1 aliphatic heterocycles. The number of nitrogens with one attached hydrogen (secondary N) is 2. The van der Waals surface area contributed by atoms with Crippen LogP contribution in [0.5, 0.6) is 0 Å². The molecule has 3 rings (SSSR count). The SMILES string of the molecule is CC(C)[C@H](NC(=O)N1CCn2c1nc1ccccc12)C(=O)N[C@@H](C)C(=O)O. The Kier molecular flexibility index (Phi) is 5.02. The van der Waals surface area contributed by atoms with Crippen LogP contribution in [0.25, 0.3) is 11.0 Å². The van der Waals surface area contributed by atoms with Crippen LogP contribution in [0.2, 0.25) is 0 Å². The second-order valence-electron chi connectivity index (χ2n) is 6.94. The standard InChI is InChI=1S/C18H23N5O4/c1-10(2)14(15(24)19-11(3)16(25)26)21-18(27)23-9-8-22-13-7-5-4-6-12(13)20-17(22)23/h4-7,10-11,14H,8-9H2,1-3H3,(H,19,24)(H,21,27)(H,25,26)/t11-,14-/m0/s1. The van der Waals surface area contributed by atoms with E-state index < -0.39 is 30.0 Å². The van der Waals surface area contributed by atoms with Crippen molar-refractivity contribution in [2.45, 2.75) is 39.4 Å². The van der Waals surface area contributed by atoms with Crippen molar-refractivity contribution in [1.29, 1.82) is 0 Å². The van der Waals surface area contributed by atoms with Crippen LogP contribution in [-0.4, -0.2) is 51.2 Å². The van der Waals surface area contributed by atoms with Crippen LogP contribution < -0.4 is 15.5 Å². The number of hydrogen-bond donors (Lipinski definition) is 3. The van der Waals surface area contributed by atoms with E-state index in [4.69, 9.17) is 5.11 Å². The molecule has 1 aliphatic rings. The molecule has 0 unspecified atom stereocenters. The van der Waals surface area contributed by atoms with E-state index in [0.29, 0.717) is 19.0 Å². The number of urea groups is 1. The molecule has 1 aromatic carbocycles. The van der Waals surface area contributed by atoms with Gasteiger partial charge in [0, 0.05) is 13.1 Å². The van der Waals surface area contributed by atoms with Crippen LogP contribution in [0, 0.1) is 5.92 Å². The van der Waals surface area contributed by atoms with Gasteiger partial charge in [-0.1, -0.05) is 26.0 Å². The highest BCUT2D eigenvalue weighted by atomic mass is 16.4. The number of carbonyl (C=O) groups excluding carboxylic acids is 2. The molecule has 3 amide bonds. The molecular weight excluding hydrogens is 350 g/mol. The fourth-order valence-electron chi connectivity index (χ4n) is 3.09. The van der Waals surface area contributed by atoms with Gasteiger partial charge in [-0.25, -0.2) is 9.78 Å². The normalized spacial score (nSPS) is 15.5. The molecule has 1 aromatic heterocycles. The molecule has 9 heteroatoms. The number of amides is 3. The Bertz CT molecular complexity index is 891. The number of hydrogen-bond acceptors (Lipinski definition) is 4. The van der Waals surface area contributed by atoms with Crippen LogP contribution in [-0.2, 0) is 16.1 Å². The molecule has 0 fully saturated rings. The Morgan fingerprint density at radius 3 is 2.48 bits per heavy atom. The van der Waals surface area contributed by atoms with Gasteiger partial charge in [0.05, 0.1) is 11.0 Å². The monoisotopic (exact) mass is 373 g/mol. The minimum atomic E-state index is -1.13. The van der Waals surface area contributed by atoms with Crippen molar-refractivity contribution < 1.29 is 19.5 Å². The summed E-state index contributed by atoms with van der Waals surface area (Å²) in [5, 5.41) is 14.1. The first-order chi connectivity index (χ1) is 12.8. The number of aromatic nitrogens is 2. The first kappa shape index (κ1) is 18.7. The summed E-state index contributed by atoms with van der Waals surface area (Å²) in [6.45, 7) is 6.03. The quantitative estimate of drug-likeness (QED) is 0.728. The zero-order chi connectivity index (χ0) is 19.7. The lowest BCUT2D eigenvalue weighted by Crippen LogP contribution is -2.55. The zero-order valence-electron chi connectivity index (χ0n) is 15.5. The molecule has 0 aliphatic carbocycles. The molecule has 0 radical (unpaired) electrons. The Labute approximate surface area is 156 Å². The van der Waals surface area contributed by atoms with Gasteiger partial charge in [0.2, 0.25) is 11.9 Å². The molecule has 144 valence electrons. The van der Waals surface area contributed by atoms with Crippen LogP contribution in [0.4, 0.5) is 10.7 Å². The van der Waals surface area contributed by atoms with Gasteiger partial charge >= 0.3 is 12.0 Å². The van der Waals surface area contributed by atoms with Gasteiger partial charge in [0.15, 0.2) is 0 Å².